The van der Waals surface area contributed by atoms with E-state index in [1.165, 1.54) is 7.11 Å². The van der Waals surface area contributed by atoms with Crippen molar-refractivity contribution >= 4 is 12.0 Å². The van der Waals surface area contributed by atoms with Crippen molar-refractivity contribution in [3.8, 4) is 0 Å². The summed E-state index contributed by atoms with van der Waals surface area (Å²) in [5, 5.41) is 2.72. The Hall–Kier alpha value is -2.11. The fourth-order valence-corrected chi connectivity index (χ4v) is 3.82. The molecule has 0 aromatic heterocycles. The Kier molecular flexibility index (Phi) is 5.25. The maximum absolute atomic E-state index is 14.3. The van der Waals surface area contributed by atoms with E-state index in [4.69, 9.17) is 0 Å². The van der Waals surface area contributed by atoms with E-state index in [-0.39, 0.29) is 29.6 Å². The van der Waals surface area contributed by atoms with Crippen LogP contribution in [0.4, 0.5) is 9.18 Å². The molecule has 2 fully saturated rings. The number of carbonyl (C=O) groups is 2. The van der Waals surface area contributed by atoms with Crippen LogP contribution in [-0.2, 0) is 9.53 Å². The third-order valence-electron chi connectivity index (χ3n) is 5.46. The summed E-state index contributed by atoms with van der Waals surface area (Å²) in [5.74, 6) is 0.211. The fraction of sp³-hybridized carbons (Fsp3) is 0.579. The molecule has 1 aliphatic heterocycles. The fourth-order valence-electron chi connectivity index (χ4n) is 3.82. The first-order valence-electron chi connectivity index (χ1n) is 8.88. The molecule has 0 bridgehead atoms. The van der Waals surface area contributed by atoms with E-state index >= 15 is 0 Å². The summed E-state index contributed by atoms with van der Waals surface area (Å²) in [5.41, 5.74) is 1.45. The molecule has 1 saturated heterocycles. The minimum absolute atomic E-state index is 0.0191. The molecule has 1 aromatic rings. The summed E-state index contributed by atoms with van der Waals surface area (Å²) in [6, 6.07) is 5.57. The van der Waals surface area contributed by atoms with Crippen LogP contribution in [0.2, 0.25) is 0 Å². The monoisotopic (exact) mass is 348 g/mol. The van der Waals surface area contributed by atoms with Gasteiger partial charge >= 0.3 is 6.09 Å². The van der Waals surface area contributed by atoms with Gasteiger partial charge in [-0.05, 0) is 49.7 Å². The van der Waals surface area contributed by atoms with Crippen molar-refractivity contribution in [1.82, 2.24) is 10.2 Å². The Bertz CT molecular complexity index is 650. The van der Waals surface area contributed by atoms with Crippen molar-refractivity contribution in [3.05, 3.63) is 35.1 Å². The first-order chi connectivity index (χ1) is 12.0. The second-order valence-corrected chi connectivity index (χ2v) is 7.08. The van der Waals surface area contributed by atoms with Crippen LogP contribution in [0.3, 0.4) is 0 Å². The smallest absolute Gasteiger partial charge is 0.407 e. The van der Waals surface area contributed by atoms with Crippen LogP contribution < -0.4 is 5.32 Å². The molecule has 1 aliphatic carbocycles. The number of aryl methyl sites for hydroxylation is 1. The highest BCUT2D eigenvalue weighted by Crippen LogP contribution is 2.34. The standard InChI is InChI=1S/C19H25FN2O3/c1-12-4-3-5-16(17(12)20)13-6-8-22(9-7-13)18(23)14-10-15(11-14)21-19(24)25-2/h3-5,13-15H,6-11H2,1-2H3,(H,21,24). The Morgan fingerprint density at radius 1 is 1.24 bits per heavy atom. The van der Waals surface area contributed by atoms with Crippen LogP contribution in [-0.4, -0.2) is 43.1 Å². The van der Waals surface area contributed by atoms with Crippen LogP contribution in [0.25, 0.3) is 0 Å². The van der Waals surface area contributed by atoms with Crippen LogP contribution in [0.15, 0.2) is 18.2 Å². The van der Waals surface area contributed by atoms with Gasteiger partial charge in [0.25, 0.3) is 0 Å². The van der Waals surface area contributed by atoms with E-state index in [1.807, 2.05) is 17.0 Å². The zero-order valence-electron chi connectivity index (χ0n) is 14.8. The highest BCUT2D eigenvalue weighted by atomic mass is 19.1. The Balaban J connectivity index is 1.49. The summed E-state index contributed by atoms with van der Waals surface area (Å²) in [6.07, 6.45) is 2.48. The van der Waals surface area contributed by atoms with Crippen molar-refractivity contribution in [3.63, 3.8) is 0 Å². The van der Waals surface area contributed by atoms with Gasteiger partial charge in [-0.1, -0.05) is 18.2 Å². The van der Waals surface area contributed by atoms with Gasteiger partial charge in [0.15, 0.2) is 0 Å². The highest BCUT2D eigenvalue weighted by molar-refractivity contribution is 5.80. The number of methoxy groups -OCH3 is 1. The molecule has 136 valence electrons. The molecular formula is C19H25FN2O3. The SMILES string of the molecule is COC(=O)NC1CC(C(=O)N2CCC(c3cccc(C)c3F)CC2)C1. The Labute approximate surface area is 147 Å². The molecule has 2 amide bonds. The molecular weight excluding hydrogens is 323 g/mol. The topological polar surface area (TPSA) is 58.6 Å². The average molecular weight is 348 g/mol. The van der Waals surface area contributed by atoms with Gasteiger partial charge in [0.05, 0.1) is 7.11 Å². The lowest BCUT2D eigenvalue weighted by molar-refractivity contribution is -0.140. The number of hydrogen-bond acceptors (Lipinski definition) is 3. The molecule has 2 aliphatic rings. The van der Waals surface area contributed by atoms with Crippen LogP contribution in [0.5, 0.6) is 0 Å². The van der Waals surface area contributed by atoms with Crippen molar-refractivity contribution in [2.24, 2.45) is 5.92 Å². The number of likely N-dealkylation sites (tertiary alicyclic amines) is 1. The number of alkyl carbamates (subject to hydrolysis) is 1. The first kappa shape index (κ1) is 17.7. The maximum Gasteiger partial charge on any atom is 0.407 e. The number of carbonyl (C=O) groups excluding carboxylic acids is 2. The number of hydrogen-bond donors (Lipinski definition) is 1. The third-order valence-corrected chi connectivity index (χ3v) is 5.46. The highest BCUT2D eigenvalue weighted by Gasteiger charge is 2.38. The van der Waals surface area contributed by atoms with E-state index in [0.717, 1.165) is 18.4 Å². The predicted octanol–water partition coefficient (Wildman–Crippen LogP) is 2.97. The Morgan fingerprint density at radius 3 is 2.56 bits per heavy atom. The molecule has 0 spiro atoms. The largest absolute Gasteiger partial charge is 0.453 e. The summed E-state index contributed by atoms with van der Waals surface area (Å²) >= 11 is 0. The molecule has 0 radical (unpaired) electrons. The van der Waals surface area contributed by atoms with Crippen molar-refractivity contribution in [2.75, 3.05) is 20.2 Å². The zero-order valence-corrected chi connectivity index (χ0v) is 14.8. The molecule has 0 unspecified atom stereocenters. The lowest BCUT2D eigenvalue weighted by atomic mass is 9.78. The maximum atomic E-state index is 14.3. The molecule has 6 heteroatoms. The number of amides is 2. The van der Waals surface area contributed by atoms with E-state index in [1.54, 1.807) is 13.0 Å². The minimum atomic E-state index is -0.447. The summed E-state index contributed by atoms with van der Waals surface area (Å²) in [6.45, 7) is 3.12. The number of nitrogens with zero attached hydrogens (tertiary/aromatic N) is 1. The van der Waals surface area contributed by atoms with Gasteiger partial charge in [0, 0.05) is 25.0 Å². The van der Waals surface area contributed by atoms with Crippen LogP contribution >= 0.6 is 0 Å². The number of piperidine rings is 1. The van der Waals surface area contributed by atoms with Crippen molar-refractivity contribution in [1.29, 1.82) is 0 Å². The second-order valence-electron chi connectivity index (χ2n) is 7.08. The molecule has 1 N–H and O–H groups in total. The number of rotatable bonds is 3. The summed E-state index contributed by atoms with van der Waals surface area (Å²) in [7, 11) is 1.33. The molecule has 5 nitrogen and oxygen atoms in total. The number of ether oxygens (including phenoxy) is 1. The summed E-state index contributed by atoms with van der Waals surface area (Å²) in [4.78, 5) is 25.6. The van der Waals surface area contributed by atoms with Gasteiger partial charge in [-0.15, -0.1) is 0 Å². The van der Waals surface area contributed by atoms with Crippen LogP contribution in [0, 0.1) is 18.7 Å². The van der Waals surface area contributed by atoms with Gasteiger partial charge < -0.3 is 15.0 Å². The second kappa shape index (κ2) is 7.42. The lowest BCUT2D eigenvalue weighted by Crippen LogP contribution is -2.51. The molecule has 1 heterocycles. The molecule has 1 saturated carbocycles. The zero-order chi connectivity index (χ0) is 18.0. The average Bonchev–Trinajstić information content (AvgIpc) is 2.59. The minimum Gasteiger partial charge on any atom is -0.453 e. The first-order valence-corrected chi connectivity index (χ1v) is 8.88. The van der Waals surface area contributed by atoms with Gasteiger partial charge in [-0.2, -0.15) is 0 Å². The third kappa shape index (κ3) is 3.78. The number of benzene rings is 1. The molecule has 3 rings (SSSR count). The van der Waals surface area contributed by atoms with Crippen molar-refractivity contribution in [2.45, 2.75) is 44.6 Å². The lowest BCUT2D eigenvalue weighted by Gasteiger charge is -2.40. The normalized spacial score (nSPS) is 23.7. The van der Waals surface area contributed by atoms with Gasteiger partial charge in [0.2, 0.25) is 5.91 Å². The van der Waals surface area contributed by atoms with E-state index in [9.17, 15) is 14.0 Å². The Morgan fingerprint density at radius 2 is 1.92 bits per heavy atom. The van der Waals surface area contributed by atoms with Crippen LogP contribution in [0.1, 0.15) is 42.7 Å². The number of halogens is 1. The van der Waals surface area contributed by atoms with Crippen molar-refractivity contribution < 1.29 is 18.7 Å². The predicted molar refractivity (Wildman–Crippen MR) is 91.7 cm³/mol. The van der Waals surface area contributed by atoms with Gasteiger partial charge in [0.1, 0.15) is 5.82 Å². The number of nitrogens with one attached hydrogen (secondary N) is 1. The summed E-state index contributed by atoms with van der Waals surface area (Å²) < 4.78 is 18.8. The van der Waals surface area contributed by atoms with Gasteiger partial charge in [-0.3, -0.25) is 4.79 Å². The molecule has 1 aromatic carbocycles. The molecule has 0 atom stereocenters. The van der Waals surface area contributed by atoms with Gasteiger partial charge in [-0.25, -0.2) is 9.18 Å². The van der Waals surface area contributed by atoms with E-state index < -0.39 is 6.09 Å². The van der Waals surface area contributed by atoms with E-state index in [0.29, 0.717) is 31.5 Å². The molecule has 25 heavy (non-hydrogen) atoms. The quantitative estimate of drug-likeness (QED) is 0.914. The van der Waals surface area contributed by atoms with E-state index in [2.05, 4.69) is 10.1 Å².